The summed E-state index contributed by atoms with van der Waals surface area (Å²) in [7, 11) is 1.76. The van der Waals surface area contributed by atoms with Crippen LogP contribution < -0.4 is 4.74 Å². The Morgan fingerprint density at radius 1 is 1.42 bits per heavy atom. The highest BCUT2D eigenvalue weighted by molar-refractivity contribution is 9.10. The molecule has 1 N–H and O–H groups in total. The van der Waals surface area contributed by atoms with Gasteiger partial charge in [0.1, 0.15) is 12.4 Å². The molecule has 0 amide bonds. The number of aliphatic hydroxyl groups is 1. The number of tetrazole rings is 1. The topological polar surface area (TPSA) is 73.1 Å². The number of aryl methyl sites for hydroxylation is 1. The van der Waals surface area contributed by atoms with Crippen molar-refractivity contribution in [2.75, 3.05) is 12.4 Å². The highest BCUT2D eigenvalue weighted by Crippen LogP contribution is 2.17. The average Bonchev–Trinajstić information content (AvgIpc) is 2.81. The molecule has 0 aliphatic heterocycles. The van der Waals surface area contributed by atoms with Crippen LogP contribution in [-0.4, -0.2) is 43.8 Å². The summed E-state index contributed by atoms with van der Waals surface area (Å²) in [6.45, 7) is 0.236. The van der Waals surface area contributed by atoms with Crippen molar-refractivity contribution >= 4 is 27.7 Å². The van der Waals surface area contributed by atoms with E-state index < -0.39 is 6.10 Å². The first-order valence-corrected chi connectivity index (χ1v) is 7.34. The molecule has 1 atom stereocenters. The normalized spacial score (nSPS) is 12.4. The Labute approximate surface area is 123 Å². The molecule has 1 aromatic carbocycles. The predicted molar refractivity (Wildman–Crippen MR) is 75.2 cm³/mol. The van der Waals surface area contributed by atoms with E-state index in [1.807, 2.05) is 24.3 Å². The van der Waals surface area contributed by atoms with Gasteiger partial charge in [-0.3, -0.25) is 0 Å². The lowest BCUT2D eigenvalue weighted by Crippen LogP contribution is -2.20. The highest BCUT2D eigenvalue weighted by atomic mass is 79.9. The fraction of sp³-hybridized carbons (Fsp3) is 0.364. The van der Waals surface area contributed by atoms with Crippen molar-refractivity contribution in [3.05, 3.63) is 28.7 Å². The molecule has 0 radical (unpaired) electrons. The molecular formula is C11H13BrN4O2S. The maximum Gasteiger partial charge on any atom is 0.209 e. The SMILES string of the molecule is Cn1nnnc1SC[C@H](O)COc1ccc(Br)cc1. The van der Waals surface area contributed by atoms with Crippen molar-refractivity contribution in [2.45, 2.75) is 11.3 Å². The van der Waals surface area contributed by atoms with Gasteiger partial charge in [-0.1, -0.05) is 27.7 Å². The van der Waals surface area contributed by atoms with Crippen LogP contribution in [0.15, 0.2) is 33.9 Å². The fourth-order valence-corrected chi connectivity index (χ4v) is 2.31. The van der Waals surface area contributed by atoms with Gasteiger partial charge >= 0.3 is 0 Å². The maximum atomic E-state index is 9.82. The van der Waals surface area contributed by atoms with Gasteiger partial charge in [-0.2, -0.15) is 0 Å². The number of aromatic nitrogens is 4. The van der Waals surface area contributed by atoms with Crippen LogP contribution in [0.2, 0.25) is 0 Å². The number of nitrogens with zero attached hydrogens (tertiary/aromatic N) is 4. The molecule has 0 bridgehead atoms. The van der Waals surface area contributed by atoms with Crippen molar-refractivity contribution in [2.24, 2.45) is 7.05 Å². The molecule has 0 aliphatic carbocycles. The summed E-state index contributed by atoms with van der Waals surface area (Å²) in [5.41, 5.74) is 0. The van der Waals surface area contributed by atoms with Gasteiger partial charge in [-0.15, -0.1) is 5.10 Å². The van der Waals surface area contributed by atoms with Gasteiger partial charge < -0.3 is 9.84 Å². The van der Waals surface area contributed by atoms with E-state index in [1.54, 1.807) is 11.7 Å². The fourth-order valence-electron chi connectivity index (χ4n) is 1.29. The number of hydrogen-bond donors (Lipinski definition) is 1. The summed E-state index contributed by atoms with van der Waals surface area (Å²) >= 11 is 4.74. The molecule has 0 saturated carbocycles. The van der Waals surface area contributed by atoms with Gasteiger partial charge in [0, 0.05) is 17.3 Å². The maximum absolute atomic E-state index is 9.82. The van der Waals surface area contributed by atoms with Crippen LogP contribution in [0.5, 0.6) is 5.75 Å². The summed E-state index contributed by atoms with van der Waals surface area (Å²) in [4.78, 5) is 0. The first-order valence-electron chi connectivity index (χ1n) is 5.57. The Hall–Kier alpha value is -1.12. The lowest BCUT2D eigenvalue weighted by Gasteiger charge is -2.11. The molecule has 102 valence electrons. The van der Waals surface area contributed by atoms with Gasteiger partial charge in [0.25, 0.3) is 0 Å². The van der Waals surface area contributed by atoms with Crippen LogP contribution in [0, 0.1) is 0 Å². The Balaban J connectivity index is 1.74. The first kappa shape index (κ1) is 14.3. The van der Waals surface area contributed by atoms with E-state index in [2.05, 4.69) is 31.5 Å². The van der Waals surface area contributed by atoms with Crippen LogP contribution >= 0.6 is 27.7 Å². The van der Waals surface area contributed by atoms with Crippen LogP contribution in [0.3, 0.4) is 0 Å². The van der Waals surface area contributed by atoms with E-state index in [4.69, 9.17) is 4.74 Å². The molecule has 1 aromatic heterocycles. The number of hydrogen-bond acceptors (Lipinski definition) is 6. The van der Waals surface area contributed by atoms with Gasteiger partial charge in [0.05, 0.1) is 6.10 Å². The molecule has 0 fully saturated rings. The quantitative estimate of drug-likeness (QED) is 0.800. The Kier molecular flexibility index (Phi) is 5.17. The minimum absolute atomic E-state index is 0.236. The van der Waals surface area contributed by atoms with Crippen LogP contribution in [-0.2, 0) is 7.05 Å². The standard InChI is InChI=1S/C11H13BrN4O2S/c1-16-11(13-14-15-16)19-7-9(17)6-18-10-4-2-8(12)3-5-10/h2-5,9,17H,6-7H2,1H3/t9-/m1/s1. The Bertz CT molecular complexity index is 520. The molecule has 2 aromatic rings. The zero-order chi connectivity index (χ0) is 13.7. The third-order valence-corrected chi connectivity index (χ3v) is 3.93. The van der Waals surface area contributed by atoms with E-state index in [0.29, 0.717) is 10.9 Å². The zero-order valence-corrected chi connectivity index (χ0v) is 12.6. The van der Waals surface area contributed by atoms with E-state index in [9.17, 15) is 5.11 Å². The van der Waals surface area contributed by atoms with Crippen molar-refractivity contribution in [3.63, 3.8) is 0 Å². The number of thioether (sulfide) groups is 1. The zero-order valence-electron chi connectivity index (χ0n) is 10.2. The molecule has 1 heterocycles. The Morgan fingerprint density at radius 2 is 2.16 bits per heavy atom. The van der Waals surface area contributed by atoms with Crippen LogP contribution in [0.1, 0.15) is 0 Å². The number of halogens is 1. The minimum atomic E-state index is -0.578. The molecular weight excluding hydrogens is 332 g/mol. The number of ether oxygens (including phenoxy) is 1. The first-order chi connectivity index (χ1) is 9.15. The summed E-state index contributed by atoms with van der Waals surface area (Å²) in [6, 6.07) is 7.47. The molecule has 0 unspecified atom stereocenters. The second-order valence-electron chi connectivity index (χ2n) is 3.81. The van der Waals surface area contributed by atoms with Crippen molar-refractivity contribution < 1.29 is 9.84 Å². The molecule has 0 spiro atoms. The highest BCUT2D eigenvalue weighted by Gasteiger charge is 2.09. The number of benzene rings is 1. The summed E-state index contributed by atoms with van der Waals surface area (Å²) < 4.78 is 8.03. The lowest BCUT2D eigenvalue weighted by atomic mass is 10.3. The van der Waals surface area contributed by atoms with Crippen molar-refractivity contribution in [1.82, 2.24) is 20.2 Å². The molecule has 6 nitrogen and oxygen atoms in total. The van der Waals surface area contributed by atoms with Gasteiger partial charge in [-0.05, 0) is 34.7 Å². The summed E-state index contributed by atoms with van der Waals surface area (Å²) in [5, 5.41) is 21.6. The van der Waals surface area contributed by atoms with E-state index in [0.717, 1.165) is 10.2 Å². The van der Waals surface area contributed by atoms with E-state index >= 15 is 0 Å². The van der Waals surface area contributed by atoms with E-state index in [-0.39, 0.29) is 6.61 Å². The Morgan fingerprint density at radius 3 is 2.79 bits per heavy atom. The largest absolute Gasteiger partial charge is 0.491 e. The van der Waals surface area contributed by atoms with Crippen LogP contribution in [0.4, 0.5) is 0 Å². The van der Waals surface area contributed by atoms with Crippen molar-refractivity contribution in [3.8, 4) is 5.75 Å². The third kappa shape index (κ3) is 4.48. The van der Waals surface area contributed by atoms with E-state index in [1.165, 1.54) is 11.8 Å². The molecule has 0 saturated heterocycles. The second kappa shape index (κ2) is 6.88. The summed E-state index contributed by atoms with van der Waals surface area (Å²) in [6.07, 6.45) is -0.578. The predicted octanol–water partition coefficient (Wildman–Crippen LogP) is 1.50. The third-order valence-electron chi connectivity index (χ3n) is 2.24. The molecule has 0 aliphatic rings. The summed E-state index contributed by atoms with van der Waals surface area (Å²) in [5.74, 6) is 1.21. The van der Waals surface area contributed by atoms with Crippen LogP contribution in [0.25, 0.3) is 0 Å². The minimum Gasteiger partial charge on any atom is -0.491 e. The second-order valence-corrected chi connectivity index (χ2v) is 5.72. The van der Waals surface area contributed by atoms with Gasteiger partial charge in [0.2, 0.25) is 5.16 Å². The monoisotopic (exact) mass is 344 g/mol. The molecule has 8 heteroatoms. The smallest absolute Gasteiger partial charge is 0.209 e. The lowest BCUT2D eigenvalue weighted by molar-refractivity contribution is 0.126. The molecule has 2 rings (SSSR count). The van der Waals surface area contributed by atoms with Gasteiger partial charge in [0.15, 0.2) is 0 Å². The van der Waals surface area contributed by atoms with Gasteiger partial charge in [-0.25, -0.2) is 4.68 Å². The number of rotatable bonds is 6. The number of aliphatic hydroxyl groups excluding tert-OH is 1. The molecule has 19 heavy (non-hydrogen) atoms. The average molecular weight is 345 g/mol. The van der Waals surface area contributed by atoms with Crippen molar-refractivity contribution in [1.29, 1.82) is 0 Å².